The summed E-state index contributed by atoms with van der Waals surface area (Å²) in [6, 6.07) is 18.2. The number of benzene rings is 2. The van der Waals surface area contributed by atoms with E-state index in [1.807, 2.05) is 61.5 Å². The molecule has 0 heterocycles. The van der Waals surface area contributed by atoms with E-state index >= 15 is 0 Å². The molecule has 0 bridgehead atoms. The minimum absolute atomic E-state index is 0.0215. The minimum atomic E-state index is 0.0215. The van der Waals surface area contributed by atoms with Crippen molar-refractivity contribution in [2.75, 3.05) is 31.3 Å². The molecule has 0 radical (unpaired) electrons. The van der Waals surface area contributed by atoms with Crippen LogP contribution in [0.5, 0.6) is 0 Å². The fraction of sp³-hybridized carbons (Fsp3) is 0.250. The van der Waals surface area contributed by atoms with Gasteiger partial charge in [0.05, 0.1) is 12.3 Å². The molecule has 124 valence electrons. The Morgan fingerprint density at radius 1 is 1.08 bits per heavy atom. The standard InChI is InChI=1S/C20H22N2OS/c1-22(2)19-12-10-17(11-13-19)9-6-14-21-20(23)16-24-15-18-7-4-3-5-8-18/h3-5,7-8,10-13H,14-16H2,1-2H3,(H,21,23). The van der Waals surface area contributed by atoms with E-state index in [0.29, 0.717) is 12.3 Å². The average molecular weight is 338 g/mol. The molecule has 2 rings (SSSR count). The van der Waals surface area contributed by atoms with Crippen molar-refractivity contribution in [2.24, 2.45) is 0 Å². The van der Waals surface area contributed by atoms with Crippen molar-refractivity contribution in [1.82, 2.24) is 5.32 Å². The SMILES string of the molecule is CN(C)c1ccc(C#CCNC(=O)CSCc2ccccc2)cc1. The Hall–Kier alpha value is -2.38. The van der Waals surface area contributed by atoms with E-state index in [1.165, 1.54) is 5.56 Å². The molecule has 2 aromatic carbocycles. The molecule has 0 aliphatic rings. The fourth-order valence-corrected chi connectivity index (χ4v) is 2.84. The number of carbonyl (C=O) groups is 1. The fourth-order valence-electron chi connectivity index (χ4n) is 2.02. The number of thioether (sulfide) groups is 1. The smallest absolute Gasteiger partial charge is 0.230 e. The molecule has 0 aliphatic heterocycles. The summed E-state index contributed by atoms with van der Waals surface area (Å²) in [5, 5.41) is 2.83. The number of nitrogens with zero attached hydrogens (tertiary/aromatic N) is 1. The summed E-state index contributed by atoms with van der Waals surface area (Å²) in [7, 11) is 4.01. The Kier molecular flexibility index (Phi) is 7.25. The third-order valence-electron chi connectivity index (χ3n) is 3.34. The van der Waals surface area contributed by atoms with Gasteiger partial charge in [-0.25, -0.2) is 0 Å². The summed E-state index contributed by atoms with van der Waals surface area (Å²) in [6.07, 6.45) is 0. The van der Waals surface area contributed by atoms with E-state index in [2.05, 4.69) is 29.3 Å². The monoisotopic (exact) mass is 338 g/mol. The molecular weight excluding hydrogens is 316 g/mol. The van der Waals surface area contributed by atoms with Crippen molar-refractivity contribution in [3.05, 3.63) is 65.7 Å². The number of anilines is 1. The summed E-state index contributed by atoms with van der Waals surface area (Å²) in [5.41, 5.74) is 3.33. The van der Waals surface area contributed by atoms with Gasteiger partial charge in [0, 0.05) is 31.1 Å². The molecule has 0 saturated carbocycles. The summed E-state index contributed by atoms with van der Waals surface area (Å²) in [6.45, 7) is 0.375. The Balaban J connectivity index is 1.67. The van der Waals surface area contributed by atoms with Gasteiger partial charge in [-0.3, -0.25) is 4.79 Å². The van der Waals surface area contributed by atoms with Gasteiger partial charge in [0.1, 0.15) is 0 Å². The van der Waals surface area contributed by atoms with Crippen LogP contribution in [0.15, 0.2) is 54.6 Å². The lowest BCUT2D eigenvalue weighted by Crippen LogP contribution is -2.25. The molecule has 4 heteroatoms. The van der Waals surface area contributed by atoms with Gasteiger partial charge >= 0.3 is 0 Å². The molecule has 0 atom stereocenters. The highest BCUT2D eigenvalue weighted by Crippen LogP contribution is 2.12. The van der Waals surface area contributed by atoms with Crippen LogP contribution in [-0.2, 0) is 10.5 Å². The molecule has 0 aromatic heterocycles. The Morgan fingerprint density at radius 2 is 1.79 bits per heavy atom. The zero-order chi connectivity index (χ0) is 17.2. The normalized spacial score (nSPS) is 9.75. The molecule has 0 saturated heterocycles. The molecule has 0 spiro atoms. The largest absolute Gasteiger partial charge is 0.378 e. The van der Waals surface area contributed by atoms with Crippen LogP contribution in [0, 0.1) is 11.8 Å². The molecule has 1 amide bonds. The maximum atomic E-state index is 11.8. The molecule has 0 unspecified atom stereocenters. The van der Waals surface area contributed by atoms with Crippen LogP contribution in [0.3, 0.4) is 0 Å². The van der Waals surface area contributed by atoms with Crippen LogP contribution in [-0.4, -0.2) is 32.3 Å². The van der Waals surface area contributed by atoms with E-state index in [9.17, 15) is 4.79 Å². The van der Waals surface area contributed by atoms with Gasteiger partial charge in [-0.1, -0.05) is 42.2 Å². The number of hydrogen-bond acceptors (Lipinski definition) is 3. The van der Waals surface area contributed by atoms with E-state index in [4.69, 9.17) is 0 Å². The summed E-state index contributed by atoms with van der Waals surface area (Å²) in [4.78, 5) is 13.8. The van der Waals surface area contributed by atoms with Crippen molar-refractivity contribution in [1.29, 1.82) is 0 Å². The molecule has 2 aromatic rings. The minimum Gasteiger partial charge on any atom is -0.378 e. The molecule has 24 heavy (non-hydrogen) atoms. The third kappa shape index (κ3) is 6.39. The first-order valence-electron chi connectivity index (χ1n) is 7.80. The third-order valence-corrected chi connectivity index (χ3v) is 4.34. The van der Waals surface area contributed by atoms with Crippen LogP contribution in [0.2, 0.25) is 0 Å². The first kappa shape index (κ1) is 18.0. The number of carbonyl (C=O) groups excluding carboxylic acids is 1. The van der Waals surface area contributed by atoms with E-state index in [0.717, 1.165) is 17.0 Å². The first-order valence-corrected chi connectivity index (χ1v) is 8.95. The van der Waals surface area contributed by atoms with Crippen molar-refractivity contribution in [3.8, 4) is 11.8 Å². The number of amides is 1. The Bertz CT molecular complexity index is 700. The second-order valence-corrected chi connectivity index (χ2v) is 6.48. The highest BCUT2D eigenvalue weighted by molar-refractivity contribution is 7.99. The summed E-state index contributed by atoms with van der Waals surface area (Å²) < 4.78 is 0. The van der Waals surface area contributed by atoms with Gasteiger partial charge in [0.15, 0.2) is 0 Å². The van der Waals surface area contributed by atoms with Crippen molar-refractivity contribution >= 4 is 23.4 Å². The maximum absolute atomic E-state index is 11.8. The lowest BCUT2D eigenvalue weighted by atomic mass is 10.2. The summed E-state index contributed by atoms with van der Waals surface area (Å²) >= 11 is 1.61. The summed E-state index contributed by atoms with van der Waals surface area (Å²) in [5.74, 6) is 7.36. The van der Waals surface area contributed by atoms with Crippen molar-refractivity contribution in [3.63, 3.8) is 0 Å². The second kappa shape index (κ2) is 9.69. The van der Waals surface area contributed by atoms with Gasteiger partial charge in [-0.05, 0) is 29.8 Å². The molecule has 0 aliphatic carbocycles. The lowest BCUT2D eigenvalue weighted by molar-refractivity contribution is -0.118. The second-order valence-electron chi connectivity index (χ2n) is 5.50. The van der Waals surface area contributed by atoms with Crippen LogP contribution in [0.4, 0.5) is 5.69 Å². The van der Waals surface area contributed by atoms with Crippen molar-refractivity contribution < 1.29 is 4.79 Å². The molecular formula is C20H22N2OS. The number of nitrogens with one attached hydrogen (secondary N) is 1. The molecule has 3 nitrogen and oxygen atoms in total. The average Bonchev–Trinajstić information content (AvgIpc) is 2.60. The van der Waals surface area contributed by atoms with E-state index < -0.39 is 0 Å². The maximum Gasteiger partial charge on any atom is 0.230 e. The van der Waals surface area contributed by atoms with Gasteiger partial charge in [-0.2, -0.15) is 0 Å². The predicted molar refractivity (Wildman–Crippen MR) is 103 cm³/mol. The van der Waals surface area contributed by atoms with Gasteiger partial charge < -0.3 is 10.2 Å². The Labute approximate surface area is 148 Å². The zero-order valence-corrected chi connectivity index (χ0v) is 14.9. The van der Waals surface area contributed by atoms with Crippen LogP contribution in [0.1, 0.15) is 11.1 Å². The Morgan fingerprint density at radius 3 is 2.46 bits per heavy atom. The van der Waals surface area contributed by atoms with E-state index in [-0.39, 0.29) is 5.91 Å². The molecule has 1 N–H and O–H groups in total. The zero-order valence-electron chi connectivity index (χ0n) is 14.1. The van der Waals surface area contributed by atoms with Crippen LogP contribution in [0.25, 0.3) is 0 Å². The lowest BCUT2D eigenvalue weighted by Gasteiger charge is -2.11. The van der Waals surface area contributed by atoms with Gasteiger partial charge in [0.25, 0.3) is 0 Å². The highest BCUT2D eigenvalue weighted by Gasteiger charge is 2.00. The van der Waals surface area contributed by atoms with E-state index in [1.54, 1.807) is 11.8 Å². The topological polar surface area (TPSA) is 32.3 Å². The van der Waals surface area contributed by atoms with Gasteiger partial charge in [0.2, 0.25) is 5.91 Å². The van der Waals surface area contributed by atoms with Crippen LogP contribution >= 0.6 is 11.8 Å². The number of hydrogen-bond donors (Lipinski definition) is 1. The predicted octanol–water partition coefficient (Wildman–Crippen LogP) is 3.15. The number of rotatable bonds is 6. The quantitative estimate of drug-likeness (QED) is 0.821. The van der Waals surface area contributed by atoms with Gasteiger partial charge in [-0.15, -0.1) is 11.8 Å². The van der Waals surface area contributed by atoms with Crippen LogP contribution < -0.4 is 10.2 Å². The molecule has 0 fully saturated rings. The highest BCUT2D eigenvalue weighted by atomic mass is 32.2. The first-order chi connectivity index (χ1) is 11.6. The van der Waals surface area contributed by atoms with Crippen molar-refractivity contribution in [2.45, 2.75) is 5.75 Å².